The molecule has 0 heterocycles. The zero-order valence-corrected chi connectivity index (χ0v) is 18.2. The normalized spacial score (nSPS) is 19.1. The van der Waals surface area contributed by atoms with Crippen molar-refractivity contribution >= 4 is 23.0 Å². The number of carbonyl (C=O) groups excluding carboxylic acids is 1. The van der Waals surface area contributed by atoms with Crippen LogP contribution in [-0.4, -0.2) is 41.5 Å². The number of nitrogens with one attached hydrogen (secondary N) is 1. The molecule has 2 aromatic carbocycles. The molecular formula is C24H27F3N4O2. The Balaban J connectivity index is 1.67. The molecule has 1 aliphatic carbocycles. The van der Waals surface area contributed by atoms with Crippen molar-refractivity contribution in [2.45, 2.75) is 25.6 Å². The Bertz CT molecular complexity index is 999. The van der Waals surface area contributed by atoms with Crippen LogP contribution in [0.4, 0.5) is 24.5 Å². The number of allylic oxidation sites excluding steroid dienone is 1. The van der Waals surface area contributed by atoms with E-state index in [0.717, 1.165) is 11.8 Å². The topological polar surface area (TPSA) is 91.0 Å². The van der Waals surface area contributed by atoms with Crippen LogP contribution in [-0.2, 0) is 11.3 Å². The van der Waals surface area contributed by atoms with E-state index in [9.17, 15) is 18.0 Å². The Morgan fingerprint density at radius 3 is 2.36 bits per heavy atom. The molecule has 176 valence electrons. The van der Waals surface area contributed by atoms with Crippen molar-refractivity contribution in [3.63, 3.8) is 0 Å². The van der Waals surface area contributed by atoms with Crippen molar-refractivity contribution in [1.82, 2.24) is 4.90 Å². The molecule has 3 rings (SSSR count). The third kappa shape index (κ3) is 6.35. The summed E-state index contributed by atoms with van der Waals surface area (Å²) < 4.78 is 41.0. The fourth-order valence-corrected chi connectivity index (χ4v) is 3.69. The summed E-state index contributed by atoms with van der Waals surface area (Å²) in [6.07, 6.45) is -2.48. The number of aliphatic hydroxyl groups excluding tert-OH is 1. The van der Waals surface area contributed by atoms with Gasteiger partial charge in [0, 0.05) is 38.0 Å². The first-order chi connectivity index (χ1) is 15.7. The van der Waals surface area contributed by atoms with Gasteiger partial charge in [0.05, 0.1) is 11.4 Å². The Hall–Kier alpha value is -3.33. The highest BCUT2D eigenvalue weighted by molar-refractivity contribution is 6.07. The number of aliphatic imine (C=N–C) groups is 1. The van der Waals surface area contributed by atoms with Crippen LogP contribution >= 0.6 is 0 Å². The molecule has 6 nitrogen and oxygen atoms in total. The van der Waals surface area contributed by atoms with Crippen LogP contribution in [0.3, 0.4) is 0 Å². The maximum absolute atomic E-state index is 13.7. The van der Waals surface area contributed by atoms with Gasteiger partial charge in [0.15, 0.2) is 5.71 Å². The summed E-state index contributed by atoms with van der Waals surface area (Å²) in [5, 5.41) is 11.8. The molecule has 0 radical (unpaired) electrons. The highest BCUT2D eigenvalue weighted by atomic mass is 19.4. The van der Waals surface area contributed by atoms with E-state index >= 15 is 0 Å². The van der Waals surface area contributed by atoms with E-state index in [2.05, 4.69) is 10.3 Å². The summed E-state index contributed by atoms with van der Waals surface area (Å²) in [7, 11) is 1.71. The summed E-state index contributed by atoms with van der Waals surface area (Å²) in [4.78, 5) is 17.8. The molecule has 0 bridgehead atoms. The van der Waals surface area contributed by atoms with Crippen molar-refractivity contribution in [2.75, 3.05) is 19.0 Å². The number of nitrogens with two attached hydrogens (primary N) is 1. The largest absolute Gasteiger partial charge is 0.435 e. The number of hydrogen-bond donors (Lipinski definition) is 3. The Kier molecular flexibility index (Phi) is 7.75. The van der Waals surface area contributed by atoms with E-state index in [1.54, 1.807) is 54.4 Å². The highest BCUT2D eigenvalue weighted by Crippen LogP contribution is 2.34. The van der Waals surface area contributed by atoms with Gasteiger partial charge in [0.1, 0.15) is 0 Å². The number of aliphatic hydroxyl groups is 1. The number of alkyl halides is 3. The smallest absolute Gasteiger partial charge is 0.403 e. The first-order valence-electron chi connectivity index (χ1n) is 10.6. The minimum absolute atomic E-state index is 0.0298. The van der Waals surface area contributed by atoms with E-state index in [0.29, 0.717) is 25.1 Å². The van der Waals surface area contributed by atoms with Crippen LogP contribution in [0.15, 0.2) is 71.5 Å². The molecule has 2 aromatic rings. The average molecular weight is 461 g/mol. The SMILES string of the molecule is CN(Cc1ccc(N/C(=C/N)C(=Nc2ccccc2)C(F)(F)F)cc1)C(=O)C1CC(CO)C1. The first kappa shape index (κ1) is 24.3. The lowest BCUT2D eigenvalue weighted by molar-refractivity contribution is -0.139. The van der Waals surface area contributed by atoms with Gasteiger partial charge in [-0.25, -0.2) is 4.99 Å². The van der Waals surface area contributed by atoms with Crippen molar-refractivity contribution < 1.29 is 23.1 Å². The lowest BCUT2D eigenvalue weighted by Crippen LogP contribution is -2.40. The van der Waals surface area contributed by atoms with Crippen LogP contribution in [0, 0.1) is 11.8 Å². The van der Waals surface area contributed by atoms with Gasteiger partial charge in [-0.15, -0.1) is 0 Å². The minimum atomic E-state index is -4.71. The van der Waals surface area contributed by atoms with Crippen LogP contribution in [0.25, 0.3) is 0 Å². The summed E-state index contributed by atoms with van der Waals surface area (Å²) in [6.45, 7) is 0.482. The number of hydrogen-bond acceptors (Lipinski definition) is 5. The van der Waals surface area contributed by atoms with Gasteiger partial charge in [-0.1, -0.05) is 30.3 Å². The molecule has 33 heavy (non-hydrogen) atoms. The molecule has 1 fully saturated rings. The van der Waals surface area contributed by atoms with Gasteiger partial charge in [0.2, 0.25) is 5.91 Å². The Morgan fingerprint density at radius 2 is 1.82 bits per heavy atom. The summed E-state index contributed by atoms with van der Waals surface area (Å²) in [5.41, 5.74) is 5.40. The van der Waals surface area contributed by atoms with E-state index < -0.39 is 11.9 Å². The molecule has 4 N–H and O–H groups in total. The molecule has 0 atom stereocenters. The predicted octanol–water partition coefficient (Wildman–Crippen LogP) is 4.21. The molecule has 1 saturated carbocycles. The van der Waals surface area contributed by atoms with Crippen molar-refractivity contribution in [1.29, 1.82) is 0 Å². The Morgan fingerprint density at radius 1 is 1.18 bits per heavy atom. The van der Waals surface area contributed by atoms with Gasteiger partial charge in [-0.05, 0) is 48.6 Å². The second kappa shape index (κ2) is 10.5. The fraction of sp³-hybridized carbons (Fsp3) is 0.333. The van der Waals surface area contributed by atoms with Crippen LogP contribution in [0.2, 0.25) is 0 Å². The molecule has 0 unspecified atom stereocenters. The number of carbonyl (C=O) groups is 1. The minimum Gasteiger partial charge on any atom is -0.403 e. The first-order valence-corrected chi connectivity index (χ1v) is 10.6. The maximum atomic E-state index is 13.7. The molecule has 0 spiro atoms. The van der Waals surface area contributed by atoms with E-state index in [4.69, 9.17) is 10.8 Å². The summed E-state index contributed by atoms with van der Waals surface area (Å²) in [5.74, 6) is 0.173. The van der Waals surface area contributed by atoms with Crippen molar-refractivity contribution in [3.05, 3.63) is 72.1 Å². The number of nitrogens with zero attached hydrogens (tertiary/aromatic N) is 2. The third-order valence-corrected chi connectivity index (χ3v) is 5.56. The second-order valence-electron chi connectivity index (χ2n) is 8.11. The monoisotopic (exact) mass is 460 g/mol. The number of amides is 1. The summed E-state index contributed by atoms with van der Waals surface area (Å²) in [6, 6.07) is 14.6. The molecule has 0 aromatic heterocycles. The summed E-state index contributed by atoms with van der Waals surface area (Å²) >= 11 is 0. The van der Waals surface area contributed by atoms with Crippen LogP contribution in [0.5, 0.6) is 0 Å². The average Bonchev–Trinajstić information content (AvgIpc) is 2.76. The molecule has 1 aliphatic rings. The molecule has 0 saturated heterocycles. The predicted molar refractivity (Wildman–Crippen MR) is 122 cm³/mol. The van der Waals surface area contributed by atoms with Crippen LogP contribution in [0.1, 0.15) is 18.4 Å². The molecule has 1 amide bonds. The number of anilines is 1. The van der Waals surface area contributed by atoms with Gasteiger partial charge >= 0.3 is 6.18 Å². The lowest BCUT2D eigenvalue weighted by Gasteiger charge is -2.35. The van der Waals surface area contributed by atoms with Gasteiger partial charge < -0.3 is 21.1 Å². The van der Waals surface area contributed by atoms with E-state index in [-0.39, 0.29) is 35.7 Å². The van der Waals surface area contributed by atoms with Crippen LogP contribution < -0.4 is 11.1 Å². The third-order valence-electron chi connectivity index (χ3n) is 5.56. The quantitative estimate of drug-likeness (QED) is 0.515. The van der Waals surface area contributed by atoms with Gasteiger partial charge in [-0.2, -0.15) is 13.2 Å². The van der Waals surface area contributed by atoms with E-state index in [1.807, 2.05) is 0 Å². The highest BCUT2D eigenvalue weighted by Gasteiger charge is 2.38. The van der Waals surface area contributed by atoms with E-state index in [1.165, 1.54) is 12.1 Å². The molecule has 9 heteroatoms. The zero-order valence-electron chi connectivity index (χ0n) is 18.2. The molecule has 0 aliphatic heterocycles. The van der Waals surface area contributed by atoms with Crippen molar-refractivity contribution in [2.24, 2.45) is 22.6 Å². The Labute approximate surface area is 190 Å². The standard InChI is InChI=1S/C24H27F3N4O2/c1-31(23(33)18-11-17(12-18)15-32)14-16-7-9-20(10-8-16)29-21(13-28)22(24(25,26)27)30-19-5-3-2-4-6-19/h2-10,13,17-18,29,32H,11-12,14-15,28H2,1H3/b21-13+,30-22?. The number of para-hydroxylation sites is 1. The zero-order chi connectivity index (χ0) is 24.0. The lowest BCUT2D eigenvalue weighted by atomic mass is 9.74. The molecular weight excluding hydrogens is 433 g/mol. The number of benzene rings is 2. The fourth-order valence-electron chi connectivity index (χ4n) is 3.69. The van der Waals surface area contributed by atoms with Gasteiger partial charge in [0.25, 0.3) is 0 Å². The van der Waals surface area contributed by atoms with Gasteiger partial charge in [-0.3, -0.25) is 4.79 Å². The number of halogens is 3. The second-order valence-corrected chi connectivity index (χ2v) is 8.11. The van der Waals surface area contributed by atoms with Crippen molar-refractivity contribution in [3.8, 4) is 0 Å². The number of rotatable bonds is 8. The maximum Gasteiger partial charge on any atom is 0.435 e.